The molecule has 144 valence electrons. The van der Waals surface area contributed by atoms with Crippen molar-refractivity contribution in [2.45, 2.75) is 24.5 Å². The second-order valence-electron chi connectivity index (χ2n) is 6.21. The predicted octanol–water partition coefficient (Wildman–Crippen LogP) is 3.03. The van der Waals surface area contributed by atoms with E-state index in [9.17, 15) is 4.79 Å². The summed E-state index contributed by atoms with van der Waals surface area (Å²) in [5, 5.41) is 18.0. The van der Waals surface area contributed by atoms with Gasteiger partial charge in [0.05, 0.1) is 31.1 Å². The zero-order chi connectivity index (χ0) is 19.8. The Morgan fingerprint density at radius 1 is 1.25 bits per heavy atom. The molecule has 2 heterocycles. The van der Waals surface area contributed by atoms with Crippen LogP contribution in [0.15, 0.2) is 58.3 Å². The lowest BCUT2D eigenvalue weighted by molar-refractivity contribution is -0.129. The van der Waals surface area contributed by atoms with Gasteiger partial charge in [-0.05, 0) is 17.7 Å². The van der Waals surface area contributed by atoms with E-state index < -0.39 is 0 Å². The molecule has 0 spiro atoms. The first kappa shape index (κ1) is 19.7. The SMILES string of the molecule is Cn1c(Cc2ccccc2)nnc1SCC(=O)N(CCC#N)Cc1ccco1. The lowest BCUT2D eigenvalue weighted by atomic mass is 10.1. The summed E-state index contributed by atoms with van der Waals surface area (Å²) in [5.41, 5.74) is 1.16. The van der Waals surface area contributed by atoms with Gasteiger partial charge in [-0.3, -0.25) is 4.79 Å². The van der Waals surface area contributed by atoms with Crippen molar-refractivity contribution in [2.75, 3.05) is 12.3 Å². The number of carbonyl (C=O) groups is 1. The monoisotopic (exact) mass is 395 g/mol. The second kappa shape index (κ2) is 9.76. The molecule has 0 atom stereocenters. The van der Waals surface area contributed by atoms with Crippen LogP contribution >= 0.6 is 11.8 Å². The predicted molar refractivity (Wildman–Crippen MR) is 105 cm³/mol. The highest BCUT2D eigenvalue weighted by Crippen LogP contribution is 2.19. The fourth-order valence-electron chi connectivity index (χ4n) is 2.69. The molecule has 0 aliphatic rings. The van der Waals surface area contributed by atoms with E-state index in [1.165, 1.54) is 11.8 Å². The van der Waals surface area contributed by atoms with Crippen LogP contribution < -0.4 is 0 Å². The normalized spacial score (nSPS) is 10.6. The van der Waals surface area contributed by atoms with Gasteiger partial charge in [0.2, 0.25) is 5.91 Å². The van der Waals surface area contributed by atoms with Gasteiger partial charge in [-0.15, -0.1) is 10.2 Å². The molecule has 3 aromatic rings. The summed E-state index contributed by atoms with van der Waals surface area (Å²) in [6.45, 7) is 0.723. The number of hydrogen-bond donors (Lipinski definition) is 0. The molecule has 0 aliphatic carbocycles. The topological polar surface area (TPSA) is 88.0 Å². The Morgan fingerprint density at radius 3 is 2.79 bits per heavy atom. The summed E-state index contributed by atoms with van der Waals surface area (Å²) in [7, 11) is 1.90. The van der Waals surface area contributed by atoms with Crippen molar-refractivity contribution in [3.05, 3.63) is 65.9 Å². The van der Waals surface area contributed by atoms with E-state index in [1.807, 2.05) is 48.0 Å². The van der Waals surface area contributed by atoms with Crippen LogP contribution in [0.2, 0.25) is 0 Å². The largest absolute Gasteiger partial charge is 0.467 e. The smallest absolute Gasteiger partial charge is 0.233 e. The van der Waals surface area contributed by atoms with Gasteiger partial charge in [-0.1, -0.05) is 42.1 Å². The van der Waals surface area contributed by atoms with Gasteiger partial charge in [0.1, 0.15) is 11.6 Å². The number of carbonyl (C=O) groups excluding carboxylic acids is 1. The highest BCUT2D eigenvalue weighted by atomic mass is 32.2. The van der Waals surface area contributed by atoms with Gasteiger partial charge in [-0.2, -0.15) is 5.26 Å². The van der Waals surface area contributed by atoms with E-state index in [2.05, 4.69) is 16.3 Å². The van der Waals surface area contributed by atoms with Crippen LogP contribution in [0.25, 0.3) is 0 Å². The number of nitriles is 1. The van der Waals surface area contributed by atoms with E-state index in [0.29, 0.717) is 30.4 Å². The third-order valence-corrected chi connectivity index (χ3v) is 5.23. The molecule has 1 amide bonds. The Kier molecular flexibility index (Phi) is 6.87. The van der Waals surface area contributed by atoms with Crippen LogP contribution in [0.1, 0.15) is 23.6 Å². The van der Waals surface area contributed by atoms with Crippen molar-refractivity contribution < 1.29 is 9.21 Å². The Bertz CT molecular complexity index is 931. The molecule has 0 saturated heterocycles. The maximum Gasteiger partial charge on any atom is 0.233 e. The number of nitrogens with zero attached hydrogens (tertiary/aromatic N) is 5. The minimum atomic E-state index is -0.0655. The van der Waals surface area contributed by atoms with Gasteiger partial charge < -0.3 is 13.9 Å². The van der Waals surface area contributed by atoms with Crippen LogP contribution in [0, 0.1) is 11.3 Å². The lowest BCUT2D eigenvalue weighted by Gasteiger charge is -2.20. The zero-order valence-electron chi connectivity index (χ0n) is 15.6. The Morgan fingerprint density at radius 2 is 2.07 bits per heavy atom. The third kappa shape index (κ3) is 5.24. The lowest BCUT2D eigenvalue weighted by Crippen LogP contribution is -2.32. The fourth-order valence-corrected chi connectivity index (χ4v) is 3.52. The molecule has 0 N–H and O–H groups in total. The van der Waals surface area contributed by atoms with Crippen molar-refractivity contribution in [2.24, 2.45) is 7.05 Å². The van der Waals surface area contributed by atoms with E-state index in [-0.39, 0.29) is 18.1 Å². The van der Waals surface area contributed by atoms with Crippen LogP contribution in [-0.2, 0) is 24.8 Å². The van der Waals surface area contributed by atoms with Gasteiger partial charge >= 0.3 is 0 Å². The number of benzene rings is 1. The summed E-state index contributed by atoms with van der Waals surface area (Å²) < 4.78 is 7.24. The first-order valence-corrected chi connectivity index (χ1v) is 9.88. The summed E-state index contributed by atoms with van der Waals surface area (Å²) in [4.78, 5) is 14.3. The molecule has 3 rings (SSSR count). The first-order chi connectivity index (χ1) is 13.7. The van der Waals surface area contributed by atoms with Gasteiger partial charge in [0.25, 0.3) is 0 Å². The van der Waals surface area contributed by atoms with Crippen molar-refractivity contribution in [1.82, 2.24) is 19.7 Å². The van der Waals surface area contributed by atoms with Crippen molar-refractivity contribution in [3.63, 3.8) is 0 Å². The minimum Gasteiger partial charge on any atom is -0.467 e. The van der Waals surface area contributed by atoms with Crippen molar-refractivity contribution >= 4 is 17.7 Å². The molecule has 0 radical (unpaired) electrons. The number of amides is 1. The van der Waals surface area contributed by atoms with Crippen LogP contribution in [0.4, 0.5) is 0 Å². The number of rotatable bonds is 9. The van der Waals surface area contributed by atoms with Gasteiger partial charge in [0.15, 0.2) is 5.16 Å². The number of thioether (sulfide) groups is 1. The molecule has 0 aliphatic heterocycles. The molecule has 0 bridgehead atoms. The molecule has 0 unspecified atom stereocenters. The molecule has 7 nitrogen and oxygen atoms in total. The molecule has 0 saturated carbocycles. The maximum absolute atomic E-state index is 12.7. The standard InChI is InChI=1S/C20H21N5O2S/c1-24-18(13-16-7-3-2-4-8-16)22-23-20(24)28-15-19(26)25(11-6-10-21)14-17-9-5-12-27-17/h2-5,7-9,12H,6,11,13-15H2,1H3. The average molecular weight is 395 g/mol. The third-order valence-electron chi connectivity index (χ3n) is 4.23. The Balaban J connectivity index is 1.60. The summed E-state index contributed by atoms with van der Waals surface area (Å²) in [6, 6.07) is 15.8. The summed E-state index contributed by atoms with van der Waals surface area (Å²) in [6.07, 6.45) is 2.54. The highest BCUT2D eigenvalue weighted by molar-refractivity contribution is 7.99. The number of furan rings is 1. The van der Waals surface area contributed by atoms with E-state index in [0.717, 1.165) is 11.4 Å². The summed E-state index contributed by atoms with van der Waals surface area (Å²) >= 11 is 1.35. The van der Waals surface area contributed by atoms with E-state index >= 15 is 0 Å². The van der Waals surface area contributed by atoms with Crippen LogP contribution in [0.5, 0.6) is 0 Å². The molecule has 28 heavy (non-hydrogen) atoms. The van der Waals surface area contributed by atoms with Gasteiger partial charge in [0, 0.05) is 20.0 Å². The first-order valence-electron chi connectivity index (χ1n) is 8.89. The van der Waals surface area contributed by atoms with E-state index in [1.54, 1.807) is 17.2 Å². The van der Waals surface area contributed by atoms with Crippen molar-refractivity contribution in [1.29, 1.82) is 5.26 Å². The zero-order valence-corrected chi connectivity index (χ0v) is 16.4. The number of aromatic nitrogens is 3. The Labute approximate surface area is 168 Å². The second-order valence-corrected chi connectivity index (χ2v) is 7.15. The van der Waals surface area contributed by atoms with E-state index in [4.69, 9.17) is 9.68 Å². The molecular formula is C20H21N5O2S. The average Bonchev–Trinajstić information content (AvgIpc) is 3.35. The molecule has 8 heteroatoms. The van der Waals surface area contributed by atoms with Gasteiger partial charge in [-0.25, -0.2) is 0 Å². The number of hydrogen-bond acceptors (Lipinski definition) is 6. The molecular weight excluding hydrogens is 374 g/mol. The molecule has 1 aromatic carbocycles. The highest BCUT2D eigenvalue weighted by Gasteiger charge is 2.17. The van der Waals surface area contributed by atoms with Crippen LogP contribution in [-0.4, -0.2) is 37.9 Å². The Hall–Kier alpha value is -3.05. The van der Waals surface area contributed by atoms with Crippen LogP contribution in [0.3, 0.4) is 0 Å². The fraction of sp³-hybridized carbons (Fsp3) is 0.300. The maximum atomic E-state index is 12.7. The minimum absolute atomic E-state index is 0.0655. The van der Waals surface area contributed by atoms with Crippen molar-refractivity contribution in [3.8, 4) is 6.07 Å². The molecule has 2 aromatic heterocycles. The summed E-state index contributed by atoms with van der Waals surface area (Å²) in [5.74, 6) is 1.70. The molecule has 0 fully saturated rings. The quantitative estimate of drug-likeness (QED) is 0.518.